The summed E-state index contributed by atoms with van der Waals surface area (Å²) in [4.78, 5) is 19.2. The molecule has 0 unspecified atom stereocenters. The number of aromatic nitrogens is 1. The van der Waals surface area contributed by atoms with Gasteiger partial charge in [-0.05, 0) is 25.0 Å². The summed E-state index contributed by atoms with van der Waals surface area (Å²) in [6.07, 6.45) is 1.60. The number of carbonyl (C=O) groups excluding carboxylic acids is 1. The molecule has 2 N–H and O–H groups in total. The Hall–Kier alpha value is -2.06. The summed E-state index contributed by atoms with van der Waals surface area (Å²) in [7, 11) is -7.67. The molecule has 1 aromatic carbocycles. The first-order chi connectivity index (χ1) is 15.7. The van der Waals surface area contributed by atoms with Crippen LogP contribution in [0.5, 0.6) is 0 Å². The zero-order valence-corrected chi connectivity index (χ0v) is 20.4. The molecule has 0 aliphatic carbocycles. The molecule has 2 aromatic rings. The van der Waals surface area contributed by atoms with E-state index in [0.29, 0.717) is 45.6 Å². The first-order valence-electron chi connectivity index (χ1n) is 10.5. The average Bonchev–Trinajstić information content (AvgIpc) is 3.27. The standard InChI is InChI=1S/C20H27N3O7S3/c24-19(17-15-31-20(22-17)23-9-11-30-12-10-23)21-16-7-3-4-8-18(16)32(25,26)13-5-1-2-6-14-33(27,28)29/h3-4,7-8,15H,1-2,5-6,9-14H2,(H,21,24)(H,27,28,29). The molecule has 0 radical (unpaired) electrons. The van der Waals surface area contributed by atoms with Crippen molar-refractivity contribution in [2.24, 2.45) is 0 Å². The number of thiazole rings is 1. The van der Waals surface area contributed by atoms with Crippen molar-refractivity contribution in [3.8, 4) is 0 Å². The number of hydrogen-bond donors (Lipinski definition) is 2. The monoisotopic (exact) mass is 517 g/mol. The molecule has 1 saturated heterocycles. The van der Waals surface area contributed by atoms with Crippen molar-refractivity contribution in [1.82, 2.24) is 4.98 Å². The van der Waals surface area contributed by atoms with E-state index in [4.69, 9.17) is 9.29 Å². The minimum atomic E-state index is -4.00. The number of sulfone groups is 1. The van der Waals surface area contributed by atoms with E-state index in [1.807, 2.05) is 4.90 Å². The lowest BCUT2D eigenvalue weighted by molar-refractivity contribution is 0.102. The van der Waals surface area contributed by atoms with Crippen LogP contribution < -0.4 is 10.2 Å². The number of anilines is 2. The number of hydrogen-bond acceptors (Lipinski definition) is 9. The van der Waals surface area contributed by atoms with Crippen molar-refractivity contribution in [2.45, 2.75) is 30.6 Å². The minimum Gasteiger partial charge on any atom is -0.378 e. The molecular formula is C20H27N3O7S3. The maximum atomic E-state index is 12.9. The third-order valence-corrected chi connectivity index (χ3v) is 8.60. The van der Waals surface area contributed by atoms with E-state index >= 15 is 0 Å². The van der Waals surface area contributed by atoms with Crippen molar-refractivity contribution in [3.63, 3.8) is 0 Å². The average molecular weight is 518 g/mol. The van der Waals surface area contributed by atoms with Gasteiger partial charge in [0, 0.05) is 18.5 Å². The molecule has 10 nitrogen and oxygen atoms in total. The number of para-hydroxylation sites is 1. The number of unbranched alkanes of at least 4 members (excludes halogenated alkanes) is 3. The van der Waals surface area contributed by atoms with Gasteiger partial charge in [-0.1, -0.05) is 25.0 Å². The van der Waals surface area contributed by atoms with Crippen LogP contribution >= 0.6 is 11.3 Å². The molecule has 0 bridgehead atoms. The lowest BCUT2D eigenvalue weighted by Crippen LogP contribution is -2.36. The van der Waals surface area contributed by atoms with E-state index in [-0.39, 0.29) is 34.2 Å². The number of nitrogens with zero attached hydrogens (tertiary/aromatic N) is 2. The maximum absolute atomic E-state index is 12.9. The SMILES string of the molecule is O=C(Nc1ccccc1S(=O)(=O)CCCCCCS(=O)(=O)O)c1csc(N2CCOCC2)n1. The molecule has 0 atom stereocenters. The molecule has 1 aromatic heterocycles. The van der Waals surface area contributed by atoms with Gasteiger partial charge in [0.05, 0.1) is 35.3 Å². The summed E-state index contributed by atoms with van der Waals surface area (Å²) < 4.78 is 61.2. The van der Waals surface area contributed by atoms with Crippen molar-refractivity contribution < 1.29 is 30.9 Å². The quantitative estimate of drug-likeness (QED) is 0.339. The van der Waals surface area contributed by atoms with Crippen LogP contribution in [-0.2, 0) is 24.7 Å². The van der Waals surface area contributed by atoms with Crippen LogP contribution in [0.15, 0.2) is 34.5 Å². The van der Waals surface area contributed by atoms with Crippen LogP contribution in [0.25, 0.3) is 0 Å². The van der Waals surface area contributed by atoms with Crippen LogP contribution in [-0.4, -0.2) is 70.1 Å². The van der Waals surface area contributed by atoms with Crippen molar-refractivity contribution in [3.05, 3.63) is 35.3 Å². The Labute approximate surface area is 197 Å². The lowest BCUT2D eigenvalue weighted by Gasteiger charge is -2.25. The Morgan fingerprint density at radius 2 is 1.73 bits per heavy atom. The van der Waals surface area contributed by atoms with Gasteiger partial charge in [-0.15, -0.1) is 11.3 Å². The molecule has 1 fully saturated rings. The number of amides is 1. The third kappa shape index (κ3) is 7.74. The largest absolute Gasteiger partial charge is 0.378 e. The maximum Gasteiger partial charge on any atom is 0.275 e. The number of ether oxygens (including phenoxy) is 1. The second kappa shape index (κ2) is 11.4. The van der Waals surface area contributed by atoms with Gasteiger partial charge in [0.25, 0.3) is 16.0 Å². The second-order valence-corrected chi connectivity index (χ2v) is 12.1. The first kappa shape index (κ1) is 25.6. The number of morpholine rings is 1. The Bertz CT molecular complexity index is 1160. The first-order valence-corrected chi connectivity index (χ1v) is 14.7. The molecule has 1 amide bonds. The van der Waals surface area contributed by atoms with Crippen molar-refractivity contribution >= 4 is 48.0 Å². The van der Waals surface area contributed by atoms with Crippen LogP contribution in [0.2, 0.25) is 0 Å². The van der Waals surface area contributed by atoms with Gasteiger partial charge in [0.1, 0.15) is 5.69 Å². The Balaban J connectivity index is 1.60. The van der Waals surface area contributed by atoms with Gasteiger partial charge >= 0.3 is 0 Å². The van der Waals surface area contributed by atoms with Gasteiger partial charge in [-0.2, -0.15) is 8.42 Å². The van der Waals surface area contributed by atoms with Gasteiger partial charge in [-0.25, -0.2) is 13.4 Å². The minimum absolute atomic E-state index is 0.0277. The molecule has 1 aliphatic rings. The summed E-state index contributed by atoms with van der Waals surface area (Å²) in [5.41, 5.74) is 0.405. The normalized spacial score (nSPS) is 14.9. The highest BCUT2D eigenvalue weighted by Gasteiger charge is 2.22. The molecule has 33 heavy (non-hydrogen) atoms. The van der Waals surface area contributed by atoms with Gasteiger partial charge in [0.15, 0.2) is 15.0 Å². The predicted molar refractivity (Wildman–Crippen MR) is 126 cm³/mol. The number of benzene rings is 1. The summed E-state index contributed by atoms with van der Waals surface area (Å²) in [6, 6.07) is 6.22. The van der Waals surface area contributed by atoms with Crippen molar-refractivity contribution in [1.29, 1.82) is 0 Å². The number of carbonyl (C=O) groups is 1. The predicted octanol–water partition coefficient (Wildman–Crippen LogP) is 2.45. The molecule has 13 heteroatoms. The van der Waals surface area contributed by atoms with Gasteiger partial charge in [-0.3, -0.25) is 9.35 Å². The highest BCUT2D eigenvalue weighted by molar-refractivity contribution is 7.91. The summed E-state index contributed by atoms with van der Waals surface area (Å²) in [5.74, 6) is -0.958. The molecule has 2 heterocycles. The van der Waals surface area contributed by atoms with E-state index in [2.05, 4.69) is 10.3 Å². The Kier molecular flexibility index (Phi) is 8.82. The molecule has 0 saturated carbocycles. The van der Waals surface area contributed by atoms with Crippen molar-refractivity contribution in [2.75, 3.05) is 48.0 Å². The molecular weight excluding hydrogens is 490 g/mol. The zero-order valence-electron chi connectivity index (χ0n) is 18.0. The van der Waals surface area contributed by atoms with Crippen LogP contribution in [0.4, 0.5) is 10.8 Å². The van der Waals surface area contributed by atoms with E-state index in [1.54, 1.807) is 17.5 Å². The molecule has 3 rings (SSSR count). The van der Waals surface area contributed by atoms with E-state index in [0.717, 1.165) is 5.13 Å². The molecule has 182 valence electrons. The molecule has 0 spiro atoms. The smallest absolute Gasteiger partial charge is 0.275 e. The Morgan fingerprint density at radius 3 is 2.42 bits per heavy atom. The van der Waals surface area contributed by atoms with E-state index in [9.17, 15) is 21.6 Å². The second-order valence-electron chi connectivity index (χ2n) is 7.58. The van der Waals surface area contributed by atoms with E-state index < -0.39 is 25.9 Å². The highest BCUT2D eigenvalue weighted by Crippen LogP contribution is 2.26. The lowest BCUT2D eigenvalue weighted by atomic mass is 10.2. The van der Waals surface area contributed by atoms with E-state index in [1.165, 1.54) is 23.5 Å². The summed E-state index contributed by atoms with van der Waals surface area (Å²) in [5, 5.41) is 5.03. The van der Waals surface area contributed by atoms with Gasteiger partial charge < -0.3 is 15.0 Å². The van der Waals surface area contributed by atoms with Gasteiger partial charge in [0.2, 0.25) is 0 Å². The van der Waals surface area contributed by atoms with Crippen LogP contribution in [0.3, 0.4) is 0 Å². The molecule has 1 aliphatic heterocycles. The zero-order chi connectivity index (χ0) is 23.9. The van der Waals surface area contributed by atoms with Crippen LogP contribution in [0.1, 0.15) is 36.2 Å². The Morgan fingerprint density at radius 1 is 1.06 bits per heavy atom. The number of rotatable bonds is 11. The topological polar surface area (TPSA) is 143 Å². The summed E-state index contributed by atoms with van der Waals surface area (Å²) >= 11 is 1.35. The highest BCUT2D eigenvalue weighted by atomic mass is 32.2. The third-order valence-electron chi connectivity index (χ3n) is 5.04. The fraction of sp³-hybridized carbons (Fsp3) is 0.500. The summed E-state index contributed by atoms with van der Waals surface area (Å²) in [6.45, 7) is 2.61. The fourth-order valence-electron chi connectivity index (χ4n) is 3.34. The van der Waals surface area contributed by atoms with Crippen LogP contribution in [0, 0.1) is 0 Å². The number of nitrogens with one attached hydrogen (secondary N) is 1. The fourth-order valence-corrected chi connectivity index (χ4v) is 6.31.